The summed E-state index contributed by atoms with van der Waals surface area (Å²) < 4.78 is 14.3. The quantitative estimate of drug-likeness (QED) is 0.811. The Morgan fingerprint density at radius 3 is 2.75 bits per heavy atom. The van der Waals surface area contributed by atoms with E-state index < -0.39 is 0 Å². The average molecular weight is 284 g/mol. The van der Waals surface area contributed by atoms with Gasteiger partial charge in [0.25, 0.3) is 0 Å². The number of rotatable bonds is 1. The summed E-state index contributed by atoms with van der Waals surface area (Å²) in [6.45, 7) is 0.974. The molecule has 16 heavy (non-hydrogen) atoms. The summed E-state index contributed by atoms with van der Waals surface area (Å²) >= 11 is 3.43. The molecule has 1 fully saturated rings. The molecule has 3 rings (SSSR count). The second-order valence-electron chi connectivity index (χ2n) is 4.88. The van der Waals surface area contributed by atoms with Crippen molar-refractivity contribution in [1.29, 1.82) is 0 Å². The Morgan fingerprint density at radius 1 is 1.25 bits per heavy atom. The number of anilines is 1. The van der Waals surface area contributed by atoms with E-state index in [9.17, 15) is 4.39 Å². The largest absolute Gasteiger partial charge is 0.383 e. The summed E-state index contributed by atoms with van der Waals surface area (Å²) in [6.07, 6.45) is 5.29. The van der Waals surface area contributed by atoms with Gasteiger partial charge in [0.2, 0.25) is 0 Å². The van der Waals surface area contributed by atoms with Crippen molar-refractivity contribution in [3.63, 3.8) is 0 Å². The van der Waals surface area contributed by atoms with E-state index in [0.29, 0.717) is 5.92 Å². The molecule has 1 saturated carbocycles. The predicted molar refractivity (Wildman–Crippen MR) is 67.3 cm³/mol. The first-order valence-electron chi connectivity index (χ1n) is 5.98. The van der Waals surface area contributed by atoms with Gasteiger partial charge in [0.05, 0.1) is 5.69 Å². The maximum atomic E-state index is 13.4. The van der Waals surface area contributed by atoms with E-state index in [2.05, 4.69) is 21.2 Å². The van der Waals surface area contributed by atoms with Crippen molar-refractivity contribution in [2.75, 3.05) is 11.9 Å². The van der Waals surface area contributed by atoms with Crippen LogP contribution < -0.4 is 5.32 Å². The van der Waals surface area contributed by atoms with Crippen LogP contribution in [0.1, 0.15) is 37.2 Å². The molecule has 1 atom stereocenters. The number of fused-ring (bicyclic) bond motifs is 1. The fourth-order valence-corrected chi connectivity index (χ4v) is 3.76. The van der Waals surface area contributed by atoms with Gasteiger partial charge in [-0.05, 0) is 52.4 Å². The van der Waals surface area contributed by atoms with E-state index in [0.717, 1.165) is 22.6 Å². The summed E-state index contributed by atoms with van der Waals surface area (Å²) in [5, 5.41) is 3.41. The average Bonchev–Trinajstić information content (AvgIpc) is 2.83. The summed E-state index contributed by atoms with van der Waals surface area (Å²) in [5.41, 5.74) is 2.29. The van der Waals surface area contributed by atoms with Gasteiger partial charge in [-0.25, -0.2) is 4.39 Å². The monoisotopic (exact) mass is 283 g/mol. The zero-order valence-electron chi connectivity index (χ0n) is 9.10. The van der Waals surface area contributed by atoms with E-state index in [4.69, 9.17) is 0 Å². The molecule has 1 aliphatic carbocycles. The van der Waals surface area contributed by atoms with Gasteiger partial charge >= 0.3 is 0 Å². The van der Waals surface area contributed by atoms with Crippen LogP contribution >= 0.6 is 15.9 Å². The Bertz CT molecular complexity index is 413. The van der Waals surface area contributed by atoms with Crippen LogP contribution in [0.4, 0.5) is 10.1 Å². The minimum atomic E-state index is -0.127. The third kappa shape index (κ3) is 1.65. The van der Waals surface area contributed by atoms with Crippen molar-refractivity contribution in [3.05, 3.63) is 28.0 Å². The standard InChI is InChI=1S/C13H15BrFN/c14-12-6-9(15)5-10-11(7-16-13(10)12)8-3-1-2-4-8/h5-6,8,11,16H,1-4,7H2. The van der Waals surface area contributed by atoms with Gasteiger partial charge in [-0.15, -0.1) is 0 Å². The normalized spacial score (nSPS) is 24.5. The van der Waals surface area contributed by atoms with Gasteiger partial charge in [0.15, 0.2) is 0 Å². The first-order chi connectivity index (χ1) is 7.75. The van der Waals surface area contributed by atoms with E-state index >= 15 is 0 Å². The van der Waals surface area contributed by atoms with Gasteiger partial charge in [-0.1, -0.05) is 12.8 Å². The van der Waals surface area contributed by atoms with Crippen molar-refractivity contribution in [2.45, 2.75) is 31.6 Å². The van der Waals surface area contributed by atoms with Crippen molar-refractivity contribution in [1.82, 2.24) is 0 Å². The summed E-state index contributed by atoms with van der Waals surface area (Å²) in [5.74, 6) is 1.14. The summed E-state index contributed by atoms with van der Waals surface area (Å²) in [7, 11) is 0. The molecule has 1 unspecified atom stereocenters. The van der Waals surface area contributed by atoms with Crippen molar-refractivity contribution < 1.29 is 4.39 Å². The molecule has 1 aromatic rings. The first kappa shape index (κ1) is 10.6. The molecule has 3 heteroatoms. The smallest absolute Gasteiger partial charge is 0.124 e. The Balaban J connectivity index is 1.97. The van der Waals surface area contributed by atoms with Crippen LogP contribution in [-0.2, 0) is 0 Å². The molecular weight excluding hydrogens is 269 g/mol. The lowest BCUT2D eigenvalue weighted by Gasteiger charge is -2.17. The molecule has 0 bridgehead atoms. The summed E-state index contributed by atoms with van der Waals surface area (Å²) in [6, 6.07) is 3.26. The second-order valence-corrected chi connectivity index (χ2v) is 5.74. The topological polar surface area (TPSA) is 12.0 Å². The molecule has 1 aromatic carbocycles. The molecule has 0 spiro atoms. The first-order valence-corrected chi connectivity index (χ1v) is 6.78. The van der Waals surface area contributed by atoms with Crippen LogP contribution in [0.2, 0.25) is 0 Å². The number of benzene rings is 1. The highest BCUT2D eigenvalue weighted by atomic mass is 79.9. The van der Waals surface area contributed by atoms with Crippen LogP contribution in [0.3, 0.4) is 0 Å². The van der Waals surface area contributed by atoms with Crippen molar-refractivity contribution in [2.24, 2.45) is 5.92 Å². The molecule has 2 aliphatic rings. The van der Waals surface area contributed by atoms with Crippen LogP contribution in [0.25, 0.3) is 0 Å². The zero-order chi connectivity index (χ0) is 11.1. The van der Waals surface area contributed by atoms with Crippen LogP contribution in [0, 0.1) is 11.7 Å². The van der Waals surface area contributed by atoms with Gasteiger partial charge in [0.1, 0.15) is 5.82 Å². The molecular formula is C13H15BrFN. The maximum Gasteiger partial charge on any atom is 0.124 e. The van der Waals surface area contributed by atoms with Gasteiger partial charge in [-0.2, -0.15) is 0 Å². The maximum absolute atomic E-state index is 13.4. The molecule has 0 aromatic heterocycles. The van der Waals surface area contributed by atoms with Crippen LogP contribution in [0.5, 0.6) is 0 Å². The fourth-order valence-electron chi connectivity index (χ4n) is 3.17. The highest BCUT2D eigenvalue weighted by Crippen LogP contribution is 2.45. The molecule has 86 valence electrons. The van der Waals surface area contributed by atoms with E-state index in [1.54, 1.807) is 12.1 Å². The van der Waals surface area contributed by atoms with Gasteiger partial charge in [-0.3, -0.25) is 0 Å². The van der Waals surface area contributed by atoms with Crippen LogP contribution in [-0.4, -0.2) is 6.54 Å². The third-order valence-corrected chi connectivity index (χ3v) is 4.58. The van der Waals surface area contributed by atoms with Gasteiger partial charge < -0.3 is 5.32 Å². The number of hydrogen-bond donors (Lipinski definition) is 1. The highest BCUT2D eigenvalue weighted by Gasteiger charge is 2.32. The highest BCUT2D eigenvalue weighted by molar-refractivity contribution is 9.10. The molecule has 0 radical (unpaired) electrons. The Labute approximate surface area is 104 Å². The van der Waals surface area contributed by atoms with Crippen LogP contribution in [0.15, 0.2) is 16.6 Å². The van der Waals surface area contributed by atoms with Crippen molar-refractivity contribution in [3.8, 4) is 0 Å². The van der Waals surface area contributed by atoms with E-state index in [-0.39, 0.29) is 5.82 Å². The summed E-state index contributed by atoms with van der Waals surface area (Å²) in [4.78, 5) is 0. The number of nitrogens with one attached hydrogen (secondary N) is 1. The molecule has 1 aliphatic heterocycles. The van der Waals surface area contributed by atoms with Gasteiger partial charge in [0, 0.05) is 16.9 Å². The molecule has 0 amide bonds. The Kier molecular flexibility index (Phi) is 2.66. The minimum absolute atomic E-state index is 0.127. The van der Waals surface area contributed by atoms with E-state index in [1.165, 1.54) is 31.2 Å². The second kappa shape index (κ2) is 4.02. The SMILES string of the molecule is Fc1cc(Br)c2c(c1)C(C1CCCC1)CN2. The molecule has 1 nitrogen and oxygen atoms in total. The number of hydrogen-bond acceptors (Lipinski definition) is 1. The van der Waals surface area contributed by atoms with E-state index in [1.807, 2.05) is 0 Å². The predicted octanol–water partition coefficient (Wildman–Crippen LogP) is 4.29. The zero-order valence-corrected chi connectivity index (χ0v) is 10.7. The third-order valence-electron chi connectivity index (χ3n) is 3.95. The molecule has 0 saturated heterocycles. The lowest BCUT2D eigenvalue weighted by atomic mass is 9.86. The number of halogens is 2. The Morgan fingerprint density at radius 2 is 2.00 bits per heavy atom. The lowest BCUT2D eigenvalue weighted by Crippen LogP contribution is -2.11. The molecule has 1 heterocycles. The fraction of sp³-hybridized carbons (Fsp3) is 0.538. The minimum Gasteiger partial charge on any atom is -0.383 e. The molecule has 1 N–H and O–H groups in total. The lowest BCUT2D eigenvalue weighted by molar-refractivity contribution is 0.458. The Hall–Kier alpha value is -0.570. The van der Waals surface area contributed by atoms with Crippen molar-refractivity contribution >= 4 is 21.6 Å².